The van der Waals surface area contributed by atoms with Gasteiger partial charge in [-0.25, -0.2) is 0 Å². The van der Waals surface area contributed by atoms with E-state index in [1.165, 1.54) is 12.3 Å². The number of nitrogens with zero attached hydrogens (tertiary/aromatic N) is 2. The lowest BCUT2D eigenvalue weighted by Crippen LogP contribution is -2.45. The van der Waals surface area contributed by atoms with Crippen molar-refractivity contribution in [2.75, 3.05) is 0 Å². The summed E-state index contributed by atoms with van der Waals surface area (Å²) in [4.78, 5) is 18.7. The standard InChI is InChI=1S/C25H23F3N2O2/c26-25(27,28)23-10-9-15(13-29-23)11-16-12-19-20(18-6-2-1-5-17(16)18)14-30(24(19)32)21-7-3-4-8-22(21)31/h1-2,5-6,9-10,12-13,21-22,31H,3-4,7-8,11,14H2. The van der Waals surface area contributed by atoms with Gasteiger partial charge in [0.2, 0.25) is 0 Å². The van der Waals surface area contributed by atoms with Crippen molar-refractivity contribution in [3.05, 3.63) is 76.6 Å². The monoisotopic (exact) mass is 440 g/mol. The van der Waals surface area contributed by atoms with Crippen LogP contribution in [0.2, 0.25) is 0 Å². The van der Waals surface area contributed by atoms with E-state index in [2.05, 4.69) is 4.98 Å². The Balaban J connectivity index is 1.52. The molecule has 2 aliphatic rings. The molecule has 1 aliphatic carbocycles. The number of amides is 1. The first-order chi connectivity index (χ1) is 15.3. The smallest absolute Gasteiger partial charge is 0.391 e. The SMILES string of the molecule is O=C1c2cc(Cc3ccc(C(F)(F)F)nc3)c3ccccc3c2CN1C1CCCCC1O. The average molecular weight is 440 g/mol. The Morgan fingerprint density at radius 3 is 2.50 bits per heavy atom. The first kappa shape index (κ1) is 20.9. The van der Waals surface area contributed by atoms with Crippen LogP contribution in [0.3, 0.4) is 0 Å². The Kier molecular flexibility index (Phi) is 5.16. The van der Waals surface area contributed by atoms with E-state index >= 15 is 0 Å². The second-order valence-corrected chi connectivity index (χ2v) is 8.69. The molecule has 2 heterocycles. The number of halogens is 3. The van der Waals surface area contributed by atoms with Gasteiger partial charge in [0.05, 0.1) is 12.1 Å². The maximum Gasteiger partial charge on any atom is 0.433 e. The molecule has 32 heavy (non-hydrogen) atoms. The lowest BCUT2D eigenvalue weighted by Gasteiger charge is -2.35. The highest BCUT2D eigenvalue weighted by atomic mass is 19.4. The Bertz CT molecular complexity index is 1170. The molecule has 1 saturated carbocycles. The van der Waals surface area contributed by atoms with Gasteiger partial charge in [-0.2, -0.15) is 13.2 Å². The van der Waals surface area contributed by atoms with Crippen molar-refractivity contribution < 1.29 is 23.1 Å². The third-order valence-electron chi connectivity index (χ3n) is 6.67. The van der Waals surface area contributed by atoms with Gasteiger partial charge in [-0.05, 0) is 58.9 Å². The highest BCUT2D eigenvalue weighted by Crippen LogP contribution is 2.37. The minimum absolute atomic E-state index is 0.0801. The highest BCUT2D eigenvalue weighted by Gasteiger charge is 2.38. The van der Waals surface area contributed by atoms with Crippen molar-refractivity contribution in [3.8, 4) is 0 Å². The van der Waals surface area contributed by atoms with E-state index in [-0.39, 0.29) is 11.9 Å². The summed E-state index contributed by atoms with van der Waals surface area (Å²) in [7, 11) is 0. The van der Waals surface area contributed by atoms with Gasteiger partial charge in [0.25, 0.3) is 5.91 Å². The van der Waals surface area contributed by atoms with Gasteiger partial charge in [0, 0.05) is 18.3 Å². The van der Waals surface area contributed by atoms with E-state index in [0.717, 1.165) is 47.2 Å². The molecule has 7 heteroatoms. The number of rotatable bonds is 3. The third kappa shape index (κ3) is 3.64. The second kappa shape index (κ2) is 7.89. The molecule has 3 aromatic rings. The van der Waals surface area contributed by atoms with Crippen LogP contribution in [0.5, 0.6) is 0 Å². The molecule has 166 valence electrons. The van der Waals surface area contributed by atoms with Crippen molar-refractivity contribution in [3.63, 3.8) is 0 Å². The van der Waals surface area contributed by atoms with E-state index in [4.69, 9.17) is 0 Å². The summed E-state index contributed by atoms with van der Waals surface area (Å²) in [5.41, 5.74) is 2.18. The van der Waals surface area contributed by atoms with Gasteiger partial charge < -0.3 is 10.0 Å². The zero-order valence-corrected chi connectivity index (χ0v) is 17.4. The van der Waals surface area contributed by atoms with Crippen LogP contribution < -0.4 is 0 Å². The molecule has 2 aromatic carbocycles. The summed E-state index contributed by atoms with van der Waals surface area (Å²) in [5.74, 6) is -0.0801. The topological polar surface area (TPSA) is 53.4 Å². The number of hydrogen-bond acceptors (Lipinski definition) is 3. The fourth-order valence-corrected chi connectivity index (χ4v) is 5.05. The van der Waals surface area contributed by atoms with Crippen LogP contribution in [-0.2, 0) is 19.1 Å². The maximum absolute atomic E-state index is 13.3. The largest absolute Gasteiger partial charge is 0.433 e. The van der Waals surface area contributed by atoms with E-state index < -0.39 is 18.0 Å². The predicted octanol–water partition coefficient (Wildman–Crippen LogP) is 5.10. The number of aliphatic hydroxyl groups excluding tert-OH is 1. The number of hydrogen-bond donors (Lipinski definition) is 1. The molecule has 1 aliphatic heterocycles. The zero-order valence-electron chi connectivity index (χ0n) is 17.4. The molecule has 4 nitrogen and oxygen atoms in total. The number of aromatic nitrogens is 1. The van der Waals surface area contributed by atoms with Gasteiger partial charge >= 0.3 is 6.18 Å². The van der Waals surface area contributed by atoms with Crippen molar-refractivity contribution in [2.45, 2.75) is 57.0 Å². The molecule has 1 N–H and O–H groups in total. The lowest BCUT2D eigenvalue weighted by atomic mass is 9.91. The minimum atomic E-state index is -4.47. The summed E-state index contributed by atoms with van der Waals surface area (Å²) in [5, 5.41) is 12.4. The van der Waals surface area contributed by atoms with E-state index in [1.807, 2.05) is 30.3 Å². The Hall–Kier alpha value is -2.93. The third-order valence-corrected chi connectivity index (χ3v) is 6.67. The number of aliphatic hydroxyl groups is 1. The van der Waals surface area contributed by atoms with Crippen LogP contribution in [0.25, 0.3) is 10.8 Å². The number of fused-ring (bicyclic) bond motifs is 3. The zero-order chi connectivity index (χ0) is 22.5. The van der Waals surface area contributed by atoms with E-state index in [0.29, 0.717) is 30.5 Å². The van der Waals surface area contributed by atoms with Crippen LogP contribution in [0.15, 0.2) is 48.7 Å². The first-order valence-electron chi connectivity index (χ1n) is 10.9. The van der Waals surface area contributed by atoms with Gasteiger partial charge in [0.15, 0.2) is 0 Å². The molecule has 5 rings (SSSR count). The molecule has 0 spiro atoms. The van der Waals surface area contributed by atoms with Gasteiger partial charge in [-0.3, -0.25) is 9.78 Å². The molecule has 1 amide bonds. The summed E-state index contributed by atoms with van der Waals surface area (Å²) >= 11 is 0. The molecular weight excluding hydrogens is 417 g/mol. The summed E-state index contributed by atoms with van der Waals surface area (Å²) in [6, 6.07) is 11.9. The molecule has 1 fully saturated rings. The summed E-state index contributed by atoms with van der Waals surface area (Å²) in [6.07, 6.45) is 0.107. The normalized spacial score (nSPS) is 21.2. The van der Waals surface area contributed by atoms with Crippen molar-refractivity contribution in [2.24, 2.45) is 0 Å². The second-order valence-electron chi connectivity index (χ2n) is 8.69. The van der Waals surface area contributed by atoms with Crippen LogP contribution in [-0.4, -0.2) is 33.0 Å². The number of carbonyl (C=O) groups excluding carboxylic acids is 1. The lowest BCUT2D eigenvalue weighted by molar-refractivity contribution is -0.141. The van der Waals surface area contributed by atoms with Crippen molar-refractivity contribution in [1.82, 2.24) is 9.88 Å². The van der Waals surface area contributed by atoms with Gasteiger partial charge in [-0.1, -0.05) is 43.2 Å². The Morgan fingerprint density at radius 1 is 1.06 bits per heavy atom. The number of alkyl halides is 3. The van der Waals surface area contributed by atoms with Gasteiger partial charge in [-0.15, -0.1) is 0 Å². The molecule has 0 bridgehead atoms. The van der Waals surface area contributed by atoms with E-state index in [1.54, 1.807) is 4.90 Å². The molecule has 1 aromatic heterocycles. The highest BCUT2D eigenvalue weighted by molar-refractivity contribution is 6.05. The number of pyridine rings is 1. The summed E-state index contributed by atoms with van der Waals surface area (Å²) in [6.45, 7) is 0.471. The van der Waals surface area contributed by atoms with Crippen LogP contribution in [0, 0.1) is 0 Å². The Morgan fingerprint density at radius 2 is 1.81 bits per heavy atom. The van der Waals surface area contributed by atoms with Crippen molar-refractivity contribution in [1.29, 1.82) is 0 Å². The molecule has 2 atom stereocenters. The average Bonchev–Trinajstić information content (AvgIpc) is 3.10. The van der Waals surface area contributed by atoms with Crippen LogP contribution in [0.1, 0.15) is 58.4 Å². The molecule has 2 unspecified atom stereocenters. The van der Waals surface area contributed by atoms with Crippen LogP contribution >= 0.6 is 0 Å². The molecule has 0 saturated heterocycles. The van der Waals surface area contributed by atoms with E-state index in [9.17, 15) is 23.1 Å². The summed E-state index contributed by atoms with van der Waals surface area (Å²) < 4.78 is 38.5. The maximum atomic E-state index is 13.3. The molecule has 0 radical (unpaired) electrons. The fraction of sp³-hybridized carbons (Fsp3) is 0.360. The van der Waals surface area contributed by atoms with Gasteiger partial charge in [0.1, 0.15) is 5.69 Å². The van der Waals surface area contributed by atoms with Crippen molar-refractivity contribution >= 4 is 16.7 Å². The molecular formula is C25H23F3N2O2. The first-order valence-corrected chi connectivity index (χ1v) is 10.9. The van der Waals surface area contributed by atoms with Crippen LogP contribution in [0.4, 0.5) is 13.2 Å². The predicted molar refractivity (Wildman–Crippen MR) is 114 cm³/mol. The fourth-order valence-electron chi connectivity index (χ4n) is 5.05. The number of carbonyl (C=O) groups is 1. The minimum Gasteiger partial charge on any atom is -0.391 e. The number of benzene rings is 2. The quantitative estimate of drug-likeness (QED) is 0.616. The Labute approximate surface area is 183 Å².